The average molecular weight is 290 g/mol. The van der Waals surface area contributed by atoms with E-state index >= 15 is 0 Å². The Kier molecular flexibility index (Phi) is 7.98. The molecule has 0 bridgehead atoms. The van der Waals surface area contributed by atoms with Crippen LogP contribution >= 0.6 is 0 Å². The average Bonchev–Trinajstić information content (AvgIpc) is 2.48. The first-order valence-electron chi connectivity index (χ1n) is 8.58. The van der Waals surface area contributed by atoms with Crippen molar-refractivity contribution >= 4 is 0 Å². The molecule has 0 radical (unpaired) electrons. The van der Waals surface area contributed by atoms with Gasteiger partial charge in [-0.05, 0) is 58.3 Å². The van der Waals surface area contributed by atoms with Crippen LogP contribution in [0.3, 0.4) is 0 Å². The molecule has 2 nitrogen and oxygen atoms in total. The van der Waals surface area contributed by atoms with E-state index in [9.17, 15) is 0 Å². The third-order valence-corrected chi connectivity index (χ3v) is 4.68. The molecule has 120 valence electrons. The topological polar surface area (TPSA) is 15.3 Å². The lowest BCUT2D eigenvalue weighted by Gasteiger charge is -2.44. The number of hydrogen-bond acceptors (Lipinski definition) is 2. The van der Waals surface area contributed by atoms with Crippen molar-refractivity contribution in [2.75, 3.05) is 19.6 Å². The van der Waals surface area contributed by atoms with Gasteiger partial charge in [-0.25, -0.2) is 0 Å². The van der Waals surface area contributed by atoms with E-state index in [-0.39, 0.29) is 5.54 Å². The molecule has 0 fully saturated rings. The largest absolute Gasteiger partial charge is 0.312 e. The molecular formula is C19H34N2. The highest BCUT2D eigenvalue weighted by molar-refractivity contribution is 5.14. The van der Waals surface area contributed by atoms with Crippen LogP contribution < -0.4 is 5.32 Å². The maximum Gasteiger partial charge on any atom is 0.0306 e. The molecule has 0 aliphatic heterocycles. The smallest absolute Gasteiger partial charge is 0.0306 e. The SMILES string of the molecule is CCNC(CCCc1ccccc1)C(C)(C)N(CC)CC. The molecule has 1 aromatic carbocycles. The summed E-state index contributed by atoms with van der Waals surface area (Å²) in [6.07, 6.45) is 3.65. The maximum absolute atomic E-state index is 3.72. The van der Waals surface area contributed by atoms with E-state index in [4.69, 9.17) is 0 Å². The zero-order valence-electron chi connectivity index (χ0n) is 14.7. The van der Waals surface area contributed by atoms with Gasteiger partial charge in [-0.15, -0.1) is 0 Å². The van der Waals surface area contributed by atoms with Crippen LogP contribution in [0.4, 0.5) is 0 Å². The molecule has 0 amide bonds. The Balaban J connectivity index is 2.60. The lowest BCUT2D eigenvalue weighted by atomic mass is 9.87. The fraction of sp³-hybridized carbons (Fsp3) is 0.684. The molecule has 0 aliphatic rings. The Morgan fingerprint density at radius 3 is 2.19 bits per heavy atom. The third kappa shape index (κ3) is 5.44. The summed E-state index contributed by atoms with van der Waals surface area (Å²) in [5.74, 6) is 0. The number of nitrogens with zero attached hydrogens (tertiary/aromatic N) is 1. The van der Waals surface area contributed by atoms with E-state index in [0.717, 1.165) is 19.6 Å². The van der Waals surface area contributed by atoms with Crippen molar-refractivity contribution in [1.82, 2.24) is 10.2 Å². The summed E-state index contributed by atoms with van der Waals surface area (Å²) in [6, 6.07) is 11.4. The Labute approximate surface area is 131 Å². The molecule has 2 heteroatoms. The summed E-state index contributed by atoms with van der Waals surface area (Å²) in [4.78, 5) is 2.57. The summed E-state index contributed by atoms with van der Waals surface area (Å²) in [5, 5.41) is 3.72. The van der Waals surface area contributed by atoms with Crippen LogP contribution in [-0.4, -0.2) is 36.1 Å². The number of likely N-dealkylation sites (N-methyl/N-ethyl adjacent to an activating group) is 2. The van der Waals surface area contributed by atoms with Crippen molar-refractivity contribution in [3.63, 3.8) is 0 Å². The highest BCUT2D eigenvalue weighted by Gasteiger charge is 2.32. The lowest BCUT2D eigenvalue weighted by Crippen LogP contribution is -2.57. The van der Waals surface area contributed by atoms with Crippen molar-refractivity contribution in [1.29, 1.82) is 0 Å². The minimum Gasteiger partial charge on any atom is -0.312 e. The molecule has 1 atom stereocenters. The van der Waals surface area contributed by atoms with Gasteiger partial charge in [0.15, 0.2) is 0 Å². The van der Waals surface area contributed by atoms with Crippen LogP contribution in [-0.2, 0) is 6.42 Å². The second-order valence-electron chi connectivity index (χ2n) is 6.31. The van der Waals surface area contributed by atoms with E-state index in [1.54, 1.807) is 0 Å². The summed E-state index contributed by atoms with van der Waals surface area (Å²) < 4.78 is 0. The molecule has 0 saturated carbocycles. The summed E-state index contributed by atoms with van der Waals surface area (Å²) in [5.41, 5.74) is 1.66. The van der Waals surface area contributed by atoms with Crippen LogP contribution in [0.2, 0.25) is 0 Å². The molecule has 21 heavy (non-hydrogen) atoms. The summed E-state index contributed by atoms with van der Waals surface area (Å²) in [6.45, 7) is 14.8. The zero-order chi connectivity index (χ0) is 15.7. The number of benzene rings is 1. The Morgan fingerprint density at radius 2 is 1.67 bits per heavy atom. The number of rotatable bonds is 10. The summed E-state index contributed by atoms with van der Waals surface area (Å²) >= 11 is 0. The first-order valence-corrected chi connectivity index (χ1v) is 8.58. The number of nitrogens with one attached hydrogen (secondary N) is 1. The Bertz CT molecular complexity index is 368. The minimum absolute atomic E-state index is 0.205. The van der Waals surface area contributed by atoms with Crippen LogP contribution in [0.1, 0.15) is 53.0 Å². The number of aryl methyl sites for hydroxylation is 1. The molecule has 0 saturated heterocycles. The van der Waals surface area contributed by atoms with Gasteiger partial charge in [0, 0.05) is 11.6 Å². The molecule has 0 heterocycles. The minimum atomic E-state index is 0.205. The summed E-state index contributed by atoms with van der Waals surface area (Å²) in [7, 11) is 0. The van der Waals surface area contributed by atoms with Crippen LogP contribution in [0, 0.1) is 0 Å². The van der Waals surface area contributed by atoms with Crippen LogP contribution in [0.25, 0.3) is 0 Å². The molecule has 1 unspecified atom stereocenters. The Hall–Kier alpha value is -0.860. The van der Waals surface area contributed by atoms with Gasteiger partial charge in [-0.1, -0.05) is 51.1 Å². The highest BCUT2D eigenvalue weighted by Crippen LogP contribution is 2.23. The second-order valence-corrected chi connectivity index (χ2v) is 6.31. The van der Waals surface area contributed by atoms with E-state index < -0.39 is 0 Å². The molecule has 0 spiro atoms. The van der Waals surface area contributed by atoms with E-state index in [1.165, 1.54) is 24.8 Å². The van der Waals surface area contributed by atoms with Gasteiger partial charge in [-0.2, -0.15) is 0 Å². The fourth-order valence-electron chi connectivity index (χ4n) is 3.37. The molecule has 1 aromatic rings. The second kappa shape index (κ2) is 9.22. The first-order chi connectivity index (χ1) is 10.1. The van der Waals surface area contributed by atoms with Crippen molar-refractivity contribution < 1.29 is 0 Å². The maximum atomic E-state index is 3.72. The predicted molar refractivity (Wildman–Crippen MR) is 93.8 cm³/mol. The van der Waals surface area contributed by atoms with Crippen LogP contribution in [0.15, 0.2) is 30.3 Å². The van der Waals surface area contributed by atoms with Crippen molar-refractivity contribution in [3.8, 4) is 0 Å². The first kappa shape index (κ1) is 18.2. The van der Waals surface area contributed by atoms with Gasteiger partial charge in [0.1, 0.15) is 0 Å². The third-order valence-electron chi connectivity index (χ3n) is 4.68. The Morgan fingerprint density at radius 1 is 1.05 bits per heavy atom. The molecule has 0 aromatic heterocycles. The lowest BCUT2D eigenvalue weighted by molar-refractivity contribution is 0.0873. The normalized spacial score (nSPS) is 13.6. The van der Waals surface area contributed by atoms with E-state index in [2.05, 4.69) is 75.2 Å². The van der Waals surface area contributed by atoms with Crippen molar-refractivity contribution in [2.24, 2.45) is 0 Å². The van der Waals surface area contributed by atoms with Gasteiger partial charge in [-0.3, -0.25) is 4.90 Å². The van der Waals surface area contributed by atoms with Crippen molar-refractivity contribution in [3.05, 3.63) is 35.9 Å². The molecular weight excluding hydrogens is 256 g/mol. The van der Waals surface area contributed by atoms with Gasteiger partial charge < -0.3 is 5.32 Å². The molecule has 1 N–H and O–H groups in total. The zero-order valence-corrected chi connectivity index (χ0v) is 14.7. The predicted octanol–water partition coefficient (Wildman–Crippen LogP) is 4.11. The van der Waals surface area contributed by atoms with Crippen LogP contribution in [0.5, 0.6) is 0 Å². The number of hydrogen-bond donors (Lipinski definition) is 1. The van der Waals surface area contributed by atoms with E-state index in [0.29, 0.717) is 6.04 Å². The highest BCUT2D eigenvalue weighted by atomic mass is 15.2. The van der Waals surface area contributed by atoms with Gasteiger partial charge in [0.05, 0.1) is 0 Å². The molecule has 1 rings (SSSR count). The van der Waals surface area contributed by atoms with Gasteiger partial charge in [0.2, 0.25) is 0 Å². The van der Waals surface area contributed by atoms with Gasteiger partial charge >= 0.3 is 0 Å². The van der Waals surface area contributed by atoms with Gasteiger partial charge in [0.25, 0.3) is 0 Å². The quantitative estimate of drug-likeness (QED) is 0.697. The van der Waals surface area contributed by atoms with E-state index in [1.807, 2.05) is 0 Å². The molecule has 0 aliphatic carbocycles. The fourth-order valence-corrected chi connectivity index (χ4v) is 3.37. The van der Waals surface area contributed by atoms with Crippen molar-refractivity contribution in [2.45, 2.75) is 65.5 Å². The monoisotopic (exact) mass is 290 g/mol. The standard InChI is InChI=1S/C19H34N2/c1-6-20-18(19(4,5)21(7-2)8-3)16-12-15-17-13-10-9-11-14-17/h9-11,13-14,18,20H,6-8,12,15-16H2,1-5H3.